The van der Waals surface area contributed by atoms with Gasteiger partial charge in [-0.1, -0.05) is 34.8 Å². The molecule has 0 aliphatic heterocycles. The fourth-order valence-electron chi connectivity index (χ4n) is 2.13. The largest absolute Gasteiger partial charge is 0.497 e. The van der Waals surface area contributed by atoms with Crippen molar-refractivity contribution in [2.24, 2.45) is 0 Å². The maximum absolute atomic E-state index is 12.5. The van der Waals surface area contributed by atoms with Crippen LogP contribution in [0.5, 0.6) is 5.75 Å². The smallest absolute Gasteiger partial charge is 0.267 e. The summed E-state index contributed by atoms with van der Waals surface area (Å²) in [6.07, 6.45) is 0. The van der Waals surface area contributed by atoms with Crippen LogP contribution >= 0.6 is 46.1 Å². The van der Waals surface area contributed by atoms with E-state index in [9.17, 15) is 4.79 Å². The number of hydrogen-bond acceptors (Lipinski definition) is 3. The van der Waals surface area contributed by atoms with Crippen LogP contribution in [0.15, 0.2) is 36.4 Å². The number of fused-ring (bicyclic) bond motifs is 1. The molecular formula is C16H10Cl3NO2S. The van der Waals surface area contributed by atoms with Crippen molar-refractivity contribution in [3.63, 3.8) is 0 Å². The van der Waals surface area contributed by atoms with E-state index in [1.165, 1.54) is 11.3 Å². The molecule has 0 aliphatic rings. The Balaban J connectivity index is 1.95. The van der Waals surface area contributed by atoms with Gasteiger partial charge in [-0.15, -0.1) is 11.3 Å². The topological polar surface area (TPSA) is 38.3 Å². The number of hydrogen-bond donors (Lipinski definition) is 1. The van der Waals surface area contributed by atoms with Crippen molar-refractivity contribution in [3.05, 3.63) is 56.3 Å². The predicted molar refractivity (Wildman–Crippen MR) is 97.8 cm³/mol. The molecule has 3 aromatic rings. The number of carbonyl (C=O) groups excluding carboxylic acids is 1. The molecule has 0 unspecified atom stereocenters. The van der Waals surface area contributed by atoms with Gasteiger partial charge in [-0.2, -0.15) is 0 Å². The van der Waals surface area contributed by atoms with E-state index in [2.05, 4.69) is 5.32 Å². The minimum absolute atomic E-state index is 0.312. The lowest BCUT2D eigenvalue weighted by atomic mass is 10.2. The van der Waals surface area contributed by atoms with Gasteiger partial charge >= 0.3 is 0 Å². The van der Waals surface area contributed by atoms with Crippen LogP contribution in [0, 0.1) is 0 Å². The number of rotatable bonds is 3. The standard InChI is InChI=1S/C16H10Cl3NO2S/c1-22-11-2-3-12-13(7-11)23-15(14(12)19)16(21)20-10-5-8(17)4-9(18)6-10/h2-7H,1H3,(H,20,21). The highest BCUT2D eigenvalue weighted by Gasteiger charge is 2.18. The molecule has 0 fully saturated rings. The molecule has 0 saturated heterocycles. The van der Waals surface area contributed by atoms with Gasteiger partial charge in [-0.3, -0.25) is 4.79 Å². The average Bonchev–Trinajstić information content (AvgIpc) is 2.82. The lowest BCUT2D eigenvalue weighted by Crippen LogP contribution is -2.10. The first kappa shape index (κ1) is 16.4. The molecule has 118 valence electrons. The number of thiophene rings is 1. The van der Waals surface area contributed by atoms with Gasteiger partial charge in [0.1, 0.15) is 10.6 Å². The molecule has 0 bridgehead atoms. The van der Waals surface area contributed by atoms with Crippen LogP contribution in [0.4, 0.5) is 5.69 Å². The first-order valence-electron chi connectivity index (χ1n) is 6.51. The van der Waals surface area contributed by atoms with E-state index in [0.717, 1.165) is 10.1 Å². The molecule has 0 aliphatic carbocycles. The summed E-state index contributed by atoms with van der Waals surface area (Å²) in [5.41, 5.74) is 0.513. The van der Waals surface area contributed by atoms with Crippen molar-refractivity contribution in [3.8, 4) is 5.75 Å². The van der Waals surface area contributed by atoms with E-state index >= 15 is 0 Å². The molecule has 0 spiro atoms. The molecule has 0 radical (unpaired) electrons. The minimum atomic E-state index is -0.312. The van der Waals surface area contributed by atoms with E-state index < -0.39 is 0 Å². The number of benzene rings is 2. The first-order chi connectivity index (χ1) is 11.0. The van der Waals surface area contributed by atoms with E-state index in [1.54, 1.807) is 31.4 Å². The van der Waals surface area contributed by atoms with Crippen LogP contribution in [0.1, 0.15) is 9.67 Å². The number of methoxy groups -OCH3 is 1. The summed E-state index contributed by atoms with van der Waals surface area (Å²) in [6, 6.07) is 10.3. The van der Waals surface area contributed by atoms with Gasteiger partial charge in [0, 0.05) is 25.8 Å². The second kappa shape index (κ2) is 6.57. The molecular weight excluding hydrogens is 377 g/mol. The van der Waals surface area contributed by atoms with Gasteiger partial charge in [0.15, 0.2) is 0 Å². The van der Waals surface area contributed by atoms with Crippen LogP contribution in [0.3, 0.4) is 0 Å². The summed E-state index contributed by atoms with van der Waals surface area (Å²) >= 11 is 19.5. The predicted octanol–water partition coefficient (Wildman–Crippen LogP) is 6.12. The van der Waals surface area contributed by atoms with Gasteiger partial charge < -0.3 is 10.1 Å². The SMILES string of the molecule is COc1ccc2c(Cl)c(C(=O)Nc3cc(Cl)cc(Cl)c3)sc2c1. The van der Waals surface area contributed by atoms with E-state index in [0.29, 0.717) is 31.4 Å². The third-order valence-electron chi connectivity index (χ3n) is 3.16. The molecule has 1 aromatic heterocycles. The molecule has 7 heteroatoms. The normalized spacial score (nSPS) is 10.8. The summed E-state index contributed by atoms with van der Waals surface area (Å²) in [4.78, 5) is 12.9. The van der Waals surface area contributed by atoms with Crippen molar-refractivity contribution < 1.29 is 9.53 Å². The van der Waals surface area contributed by atoms with Crippen molar-refractivity contribution in [2.75, 3.05) is 12.4 Å². The summed E-state index contributed by atoms with van der Waals surface area (Å²) in [6.45, 7) is 0. The number of nitrogens with one attached hydrogen (secondary N) is 1. The average molecular weight is 387 g/mol. The minimum Gasteiger partial charge on any atom is -0.497 e. The van der Waals surface area contributed by atoms with Crippen molar-refractivity contribution >= 4 is 67.8 Å². The second-order valence-electron chi connectivity index (χ2n) is 4.72. The number of carbonyl (C=O) groups is 1. The van der Waals surface area contributed by atoms with Crippen LogP contribution in [0.2, 0.25) is 15.1 Å². The fourth-order valence-corrected chi connectivity index (χ4v) is 4.10. The Morgan fingerprint density at radius 1 is 1.09 bits per heavy atom. The van der Waals surface area contributed by atoms with Crippen LogP contribution in [-0.4, -0.2) is 13.0 Å². The first-order valence-corrected chi connectivity index (χ1v) is 8.46. The van der Waals surface area contributed by atoms with Gasteiger partial charge in [0.2, 0.25) is 0 Å². The zero-order valence-corrected chi connectivity index (χ0v) is 14.9. The molecule has 1 N–H and O–H groups in total. The number of halogens is 3. The number of amides is 1. The molecule has 0 saturated carbocycles. The fraction of sp³-hybridized carbons (Fsp3) is 0.0625. The maximum atomic E-state index is 12.5. The van der Waals surface area contributed by atoms with Crippen LogP contribution < -0.4 is 10.1 Å². The van der Waals surface area contributed by atoms with Crippen LogP contribution in [0.25, 0.3) is 10.1 Å². The van der Waals surface area contributed by atoms with Gasteiger partial charge in [0.25, 0.3) is 5.91 Å². The lowest BCUT2D eigenvalue weighted by molar-refractivity contribution is 0.103. The summed E-state index contributed by atoms with van der Waals surface area (Å²) in [5, 5.41) is 4.87. The molecule has 3 nitrogen and oxygen atoms in total. The molecule has 23 heavy (non-hydrogen) atoms. The second-order valence-corrected chi connectivity index (χ2v) is 7.02. The molecule has 1 heterocycles. The monoisotopic (exact) mass is 385 g/mol. The van der Waals surface area contributed by atoms with Crippen molar-refractivity contribution in [2.45, 2.75) is 0 Å². The highest BCUT2D eigenvalue weighted by molar-refractivity contribution is 7.21. The van der Waals surface area contributed by atoms with Gasteiger partial charge in [0.05, 0.1) is 12.1 Å². The quantitative estimate of drug-likeness (QED) is 0.588. The third kappa shape index (κ3) is 3.40. The third-order valence-corrected chi connectivity index (χ3v) is 5.26. The Morgan fingerprint density at radius 3 is 2.43 bits per heavy atom. The zero-order chi connectivity index (χ0) is 16.6. The highest BCUT2D eigenvalue weighted by Crippen LogP contribution is 2.37. The molecule has 0 atom stereocenters. The Bertz CT molecular complexity index is 887. The Kier molecular flexibility index (Phi) is 4.69. The maximum Gasteiger partial charge on any atom is 0.267 e. The molecule has 3 rings (SSSR count). The van der Waals surface area contributed by atoms with E-state index in [-0.39, 0.29) is 5.91 Å². The van der Waals surface area contributed by atoms with Gasteiger partial charge in [-0.05, 0) is 36.4 Å². The Morgan fingerprint density at radius 2 is 1.78 bits per heavy atom. The van der Waals surface area contributed by atoms with Crippen molar-refractivity contribution in [1.82, 2.24) is 0 Å². The Hall–Kier alpha value is -1.46. The van der Waals surface area contributed by atoms with Crippen LogP contribution in [-0.2, 0) is 0 Å². The van der Waals surface area contributed by atoms with E-state index in [1.807, 2.05) is 12.1 Å². The van der Waals surface area contributed by atoms with Gasteiger partial charge in [-0.25, -0.2) is 0 Å². The number of anilines is 1. The highest BCUT2D eigenvalue weighted by atomic mass is 35.5. The zero-order valence-electron chi connectivity index (χ0n) is 11.8. The summed E-state index contributed by atoms with van der Waals surface area (Å²) < 4.78 is 6.07. The molecule has 1 amide bonds. The Labute approximate surface area is 151 Å². The summed E-state index contributed by atoms with van der Waals surface area (Å²) in [7, 11) is 1.59. The van der Waals surface area contributed by atoms with Crippen molar-refractivity contribution in [1.29, 1.82) is 0 Å². The van der Waals surface area contributed by atoms with E-state index in [4.69, 9.17) is 39.5 Å². The molecule has 2 aromatic carbocycles. The summed E-state index contributed by atoms with van der Waals surface area (Å²) in [5.74, 6) is 0.400. The lowest BCUT2D eigenvalue weighted by Gasteiger charge is -2.05. The number of ether oxygens (including phenoxy) is 1.